The summed E-state index contributed by atoms with van der Waals surface area (Å²) in [5, 5.41) is 32.8. The Bertz CT molecular complexity index is 1900. The van der Waals surface area contributed by atoms with Gasteiger partial charge in [0.25, 0.3) is 0 Å². The number of aliphatic hydroxyl groups is 3. The summed E-state index contributed by atoms with van der Waals surface area (Å²) in [5.41, 5.74) is 0. The highest BCUT2D eigenvalue weighted by atomic mass is 31.2. The van der Waals surface area contributed by atoms with Crippen LogP contribution in [0.3, 0.4) is 0 Å². The lowest BCUT2D eigenvalue weighted by Gasteiger charge is -2.45. The molecule has 28 heteroatoms. The summed E-state index contributed by atoms with van der Waals surface area (Å²) in [6.45, 7) is 3.45. The SMILES string of the molecule is CC#CC#CC#CC#CNC(=O)CCC.CCCCCCCCCCCCCCCC(=O)O[C@H](COCO)COP(=O)(O)OC1C(O)[C@H](OP(=O)(O)O)C(OP(=O)(O)O)C(OP(=O)(O)O)[C@@H]1O.[HH].[HH].[HH].[HH].[HH].[HH].[HH]. The maximum atomic E-state index is 12.9. The van der Waals surface area contributed by atoms with Gasteiger partial charge in [-0.25, -0.2) is 18.3 Å². The first-order valence-corrected chi connectivity index (χ1v) is 27.3. The second-order valence-corrected chi connectivity index (χ2v) is 19.5. The van der Waals surface area contributed by atoms with Gasteiger partial charge in [0.1, 0.15) is 49.5 Å². The summed E-state index contributed by atoms with van der Waals surface area (Å²) in [4.78, 5) is 89.3. The molecule has 398 valence electrons. The highest BCUT2D eigenvalue weighted by molar-refractivity contribution is 7.47. The van der Waals surface area contributed by atoms with Gasteiger partial charge < -0.3 is 59.0 Å². The second-order valence-electron chi connectivity index (χ2n) is 14.5. The molecule has 1 amide bonds. The minimum Gasteiger partial charge on any atom is -0.457 e. The molecular formula is C39H79NO23P4. The molecular weight excluding hydrogens is 974 g/mol. The largest absolute Gasteiger partial charge is 0.472 e. The minimum absolute atomic E-state index is 0. The Morgan fingerprint density at radius 3 is 1.48 bits per heavy atom. The molecule has 1 fully saturated rings. The van der Waals surface area contributed by atoms with Crippen LogP contribution in [0.2, 0.25) is 0 Å². The average molecular weight is 1050 g/mol. The van der Waals surface area contributed by atoms with Crippen LogP contribution in [-0.2, 0) is 59.9 Å². The standard InChI is InChI=1S/C26H54O22P4.C13H11NO.7H2/c1-2-3-4-5-6-7-8-9-10-11-12-13-14-15-20(28)44-19(16-42-18-27)17-43-52(40,41)48-23-21(29)24(45-49(31,32)33)26(47-51(37,38)39)25(22(23)30)46-50(34,35)36;1-3-5-6-7-8-9-10-12-14-13(15)11-4-2;;;;;;;/h19,21-27,29-30H,2-18H2,1H3,(H,40,41)(H2,31,32,33)(H2,34,35,36)(H2,37,38,39);4,11H2,1-2H3,(H,14,15);7*1H/t19-,21-,22?,23?,24?,25+,26?;;;;;;;;/m1......../s1. The van der Waals surface area contributed by atoms with Crippen molar-refractivity contribution in [2.45, 2.75) is 166 Å². The molecule has 1 aliphatic rings. The quantitative estimate of drug-likeness (QED) is 0.0113. The van der Waals surface area contributed by atoms with E-state index in [-0.39, 0.29) is 22.3 Å². The number of carbonyl (C=O) groups is 2. The number of nitrogens with one attached hydrogen (secondary N) is 1. The number of unbranched alkanes of at least 4 members (excludes halogenated alkanes) is 12. The molecule has 5 unspecified atom stereocenters. The molecule has 8 atom stereocenters. The van der Waals surface area contributed by atoms with Crippen molar-refractivity contribution in [3.8, 4) is 47.5 Å². The Morgan fingerprint density at radius 1 is 0.582 bits per heavy atom. The molecule has 0 bridgehead atoms. The fraction of sp³-hybridized carbons (Fsp3) is 0.744. The van der Waals surface area contributed by atoms with E-state index < -0.39 is 100.0 Å². The van der Waals surface area contributed by atoms with Crippen molar-refractivity contribution in [3.63, 3.8) is 0 Å². The summed E-state index contributed by atoms with van der Waals surface area (Å²) in [7, 11) is -22.8. The van der Waals surface area contributed by atoms with Gasteiger partial charge in [-0.1, -0.05) is 96.8 Å². The molecule has 0 aromatic carbocycles. The number of hydrogen-bond acceptors (Lipinski definition) is 16. The van der Waals surface area contributed by atoms with Crippen LogP contribution in [0.1, 0.15) is 133 Å². The van der Waals surface area contributed by atoms with Crippen molar-refractivity contribution in [2.24, 2.45) is 0 Å². The maximum absolute atomic E-state index is 12.9. The monoisotopic (exact) mass is 1050 g/mol. The number of aliphatic hydroxyl groups excluding tert-OH is 3. The molecule has 1 saturated carbocycles. The summed E-state index contributed by atoms with van der Waals surface area (Å²) < 4.78 is 79.8. The zero-order valence-corrected chi connectivity index (χ0v) is 41.1. The van der Waals surface area contributed by atoms with Crippen LogP contribution < -0.4 is 5.32 Å². The Balaban J connectivity index is -0.000000286. The maximum Gasteiger partial charge on any atom is 0.472 e. The molecule has 0 aliphatic heterocycles. The molecule has 0 saturated heterocycles. The van der Waals surface area contributed by atoms with Crippen molar-refractivity contribution in [1.29, 1.82) is 0 Å². The smallest absolute Gasteiger partial charge is 0.457 e. The van der Waals surface area contributed by atoms with E-state index in [1.807, 2.05) is 6.92 Å². The zero-order valence-electron chi connectivity index (χ0n) is 37.5. The van der Waals surface area contributed by atoms with Gasteiger partial charge >= 0.3 is 37.3 Å². The van der Waals surface area contributed by atoms with Crippen LogP contribution in [0.4, 0.5) is 0 Å². The van der Waals surface area contributed by atoms with Crippen LogP contribution in [0.25, 0.3) is 0 Å². The molecule has 0 radical (unpaired) electrons. The van der Waals surface area contributed by atoms with Gasteiger partial charge in [0.05, 0.1) is 13.2 Å². The first-order valence-electron chi connectivity index (χ1n) is 21.2. The molecule has 1 aliphatic carbocycles. The zero-order chi connectivity index (χ0) is 50.9. The minimum atomic E-state index is -5.75. The van der Waals surface area contributed by atoms with Crippen molar-refractivity contribution in [3.05, 3.63) is 0 Å². The highest BCUT2D eigenvalue weighted by Crippen LogP contribution is 2.53. The molecule has 11 N–H and O–H groups in total. The Hall–Kier alpha value is -2.54. The van der Waals surface area contributed by atoms with Crippen LogP contribution in [0.15, 0.2) is 0 Å². The van der Waals surface area contributed by atoms with Gasteiger partial charge in [0.2, 0.25) is 5.91 Å². The molecule has 0 aromatic rings. The fourth-order valence-corrected chi connectivity index (χ4v) is 8.57. The number of hydrogen-bond donors (Lipinski definition) is 11. The Labute approximate surface area is 401 Å². The number of phosphoric ester groups is 4. The average Bonchev–Trinajstić information content (AvgIpc) is 3.22. The third-order valence-electron chi connectivity index (χ3n) is 8.81. The van der Waals surface area contributed by atoms with Gasteiger partial charge in [0, 0.05) is 46.6 Å². The van der Waals surface area contributed by atoms with Gasteiger partial charge in [-0.3, -0.25) is 37.5 Å². The van der Waals surface area contributed by atoms with Gasteiger partial charge in [-0.05, 0) is 37.5 Å². The number of ether oxygens (including phenoxy) is 2. The molecule has 0 spiro atoms. The van der Waals surface area contributed by atoms with Crippen molar-refractivity contribution >= 4 is 43.2 Å². The number of rotatable bonds is 31. The van der Waals surface area contributed by atoms with Crippen molar-refractivity contribution in [1.82, 2.24) is 5.32 Å². The van der Waals surface area contributed by atoms with E-state index >= 15 is 0 Å². The first kappa shape index (κ1) is 64.5. The number of esters is 1. The third-order valence-corrected chi connectivity index (χ3v) is 11.3. The normalized spacial score (nSPS) is 20.6. The van der Waals surface area contributed by atoms with E-state index in [1.54, 1.807) is 6.92 Å². The van der Waals surface area contributed by atoms with Gasteiger partial charge in [-0.15, -0.1) is 0 Å². The van der Waals surface area contributed by atoms with Crippen LogP contribution >= 0.6 is 31.3 Å². The molecule has 1 rings (SSSR count). The lowest BCUT2D eigenvalue weighted by molar-refractivity contribution is -0.209. The van der Waals surface area contributed by atoms with Crippen molar-refractivity contribution < 1.29 is 120 Å². The van der Waals surface area contributed by atoms with E-state index in [4.69, 9.17) is 23.6 Å². The summed E-state index contributed by atoms with van der Waals surface area (Å²) in [5.74, 6) is 16.8. The van der Waals surface area contributed by atoms with E-state index in [2.05, 4.69) is 73.3 Å². The summed E-state index contributed by atoms with van der Waals surface area (Å²) in [6.07, 6.45) is -2.39. The van der Waals surface area contributed by atoms with E-state index in [0.29, 0.717) is 12.8 Å². The molecule has 0 heterocycles. The topological polar surface area (TPSA) is 381 Å². The lowest BCUT2D eigenvalue weighted by Crippen LogP contribution is -2.65. The number of phosphoric acid groups is 4. The summed E-state index contributed by atoms with van der Waals surface area (Å²) in [6, 6.07) is 2.43. The predicted octanol–water partition coefficient (Wildman–Crippen LogP) is 4.63. The Morgan fingerprint density at radius 2 is 1.03 bits per heavy atom. The predicted molar refractivity (Wildman–Crippen MR) is 251 cm³/mol. The number of carbonyl (C=O) groups excluding carboxylic acids is 2. The van der Waals surface area contributed by atoms with Crippen LogP contribution in [0, 0.1) is 47.5 Å². The van der Waals surface area contributed by atoms with E-state index in [1.165, 1.54) is 44.9 Å². The summed E-state index contributed by atoms with van der Waals surface area (Å²) >= 11 is 0. The first-order chi connectivity index (χ1) is 31.4. The fourth-order valence-electron chi connectivity index (χ4n) is 5.92. The number of amides is 1. The van der Waals surface area contributed by atoms with Gasteiger partial charge in [-0.2, -0.15) is 0 Å². The Kier molecular flexibility index (Phi) is 34.2. The molecule has 24 nitrogen and oxygen atoms in total. The molecule has 0 aromatic heterocycles. The van der Waals surface area contributed by atoms with Crippen LogP contribution in [0.5, 0.6) is 0 Å². The van der Waals surface area contributed by atoms with Crippen molar-refractivity contribution in [2.75, 3.05) is 20.0 Å². The van der Waals surface area contributed by atoms with Crippen LogP contribution in [-0.4, -0.2) is 124 Å². The van der Waals surface area contributed by atoms with E-state index in [9.17, 15) is 72.3 Å². The highest BCUT2D eigenvalue weighted by Gasteiger charge is 2.59. The second kappa shape index (κ2) is 35.5. The third kappa shape index (κ3) is 34.4. The molecule has 67 heavy (non-hydrogen) atoms. The van der Waals surface area contributed by atoms with Gasteiger partial charge in [0.15, 0.2) is 0 Å². The lowest BCUT2D eigenvalue weighted by atomic mass is 9.85. The van der Waals surface area contributed by atoms with E-state index in [0.717, 1.165) is 38.5 Å².